The molecule has 102 valence electrons. The van der Waals surface area contributed by atoms with Gasteiger partial charge in [-0.2, -0.15) is 0 Å². The van der Waals surface area contributed by atoms with Gasteiger partial charge in [0.05, 0.1) is 5.69 Å². The summed E-state index contributed by atoms with van der Waals surface area (Å²) in [6.45, 7) is 1.91. The number of nitrogens with zero attached hydrogens (tertiary/aromatic N) is 1. The van der Waals surface area contributed by atoms with Crippen LogP contribution in [0.15, 0.2) is 36.5 Å². The molecule has 0 saturated carbocycles. The van der Waals surface area contributed by atoms with Crippen LogP contribution < -0.4 is 10.6 Å². The Morgan fingerprint density at radius 1 is 1.45 bits per heavy atom. The van der Waals surface area contributed by atoms with E-state index in [1.807, 2.05) is 37.3 Å². The molecule has 1 aliphatic rings. The van der Waals surface area contributed by atoms with E-state index in [4.69, 9.17) is 11.6 Å². The van der Waals surface area contributed by atoms with Crippen molar-refractivity contribution in [2.24, 2.45) is 0 Å². The van der Waals surface area contributed by atoms with Gasteiger partial charge in [-0.1, -0.05) is 29.8 Å². The summed E-state index contributed by atoms with van der Waals surface area (Å²) in [6, 6.07) is 9.47. The number of benzene rings is 1. The Balaban J connectivity index is 1.74. The van der Waals surface area contributed by atoms with E-state index < -0.39 is 0 Å². The molecule has 0 saturated heterocycles. The number of halogens is 1. The number of hydrogen-bond donors (Lipinski definition) is 2. The summed E-state index contributed by atoms with van der Waals surface area (Å²) in [5.74, 6) is -0.101. The lowest BCUT2D eigenvalue weighted by atomic mass is 10.1. The van der Waals surface area contributed by atoms with Crippen molar-refractivity contribution in [2.75, 3.05) is 10.6 Å². The van der Waals surface area contributed by atoms with Gasteiger partial charge in [0.2, 0.25) is 5.91 Å². The number of anilines is 2. The molecular weight excluding hydrogens is 274 g/mol. The molecule has 0 spiro atoms. The molecule has 1 aromatic heterocycles. The molecule has 4 nitrogen and oxygen atoms in total. The minimum absolute atomic E-state index is 0.101. The number of fused-ring (bicyclic) bond motifs is 1. The quantitative estimate of drug-likeness (QED) is 0.835. The third-order valence-corrected chi connectivity index (χ3v) is 3.62. The Morgan fingerprint density at radius 2 is 2.25 bits per heavy atom. The number of rotatable bonds is 2. The highest BCUT2D eigenvalue weighted by atomic mass is 35.5. The van der Waals surface area contributed by atoms with Crippen molar-refractivity contribution in [3.05, 3.63) is 52.8 Å². The summed E-state index contributed by atoms with van der Waals surface area (Å²) < 4.78 is 0. The number of para-hydroxylation sites is 1. The van der Waals surface area contributed by atoms with Gasteiger partial charge in [0, 0.05) is 18.3 Å². The van der Waals surface area contributed by atoms with Gasteiger partial charge in [-0.05, 0) is 30.2 Å². The lowest BCUT2D eigenvalue weighted by Crippen LogP contribution is -2.32. The maximum absolute atomic E-state index is 12.3. The van der Waals surface area contributed by atoms with Gasteiger partial charge in [0.25, 0.3) is 0 Å². The van der Waals surface area contributed by atoms with Crippen LogP contribution in [0.5, 0.6) is 0 Å². The van der Waals surface area contributed by atoms with Crippen molar-refractivity contribution in [3.63, 3.8) is 0 Å². The fourth-order valence-electron chi connectivity index (χ4n) is 2.32. The molecule has 2 heterocycles. The van der Waals surface area contributed by atoms with E-state index >= 15 is 0 Å². The van der Waals surface area contributed by atoms with Gasteiger partial charge in [-0.15, -0.1) is 0 Å². The van der Waals surface area contributed by atoms with Crippen LogP contribution in [0.1, 0.15) is 11.1 Å². The van der Waals surface area contributed by atoms with Gasteiger partial charge >= 0.3 is 0 Å². The molecular formula is C15H14ClN3O. The molecule has 0 fully saturated rings. The molecule has 0 bridgehead atoms. The van der Waals surface area contributed by atoms with Crippen molar-refractivity contribution >= 4 is 28.9 Å². The van der Waals surface area contributed by atoms with Crippen molar-refractivity contribution in [1.29, 1.82) is 0 Å². The minimum Gasteiger partial charge on any atom is -0.373 e. The summed E-state index contributed by atoms with van der Waals surface area (Å²) >= 11 is 5.99. The fraction of sp³-hybridized carbons (Fsp3) is 0.200. The summed E-state index contributed by atoms with van der Waals surface area (Å²) in [7, 11) is 0. The first-order valence-electron chi connectivity index (χ1n) is 6.41. The van der Waals surface area contributed by atoms with E-state index in [9.17, 15) is 4.79 Å². The molecule has 3 rings (SSSR count). The summed E-state index contributed by atoms with van der Waals surface area (Å²) in [6.07, 6.45) is 2.35. The molecule has 1 aromatic carbocycles. The number of aromatic nitrogens is 1. The second kappa shape index (κ2) is 5.13. The number of amides is 1. The molecule has 2 N–H and O–H groups in total. The van der Waals surface area contributed by atoms with Crippen LogP contribution in [0.25, 0.3) is 0 Å². The van der Waals surface area contributed by atoms with E-state index in [0.717, 1.165) is 16.8 Å². The number of hydrogen-bond acceptors (Lipinski definition) is 3. The largest absolute Gasteiger partial charge is 0.373 e. The topological polar surface area (TPSA) is 54.0 Å². The monoisotopic (exact) mass is 287 g/mol. The molecule has 1 amide bonds. The minimum atomic E-state index is -0.274. The Bertz CT molecular complexity index is 647. The van der Waals surface area contributed by atoms with Crippen LogP contribution in [0.3, 0.4) is 0 Å². The van der Waals surface area contributed by atoms with Crippen LogP contribution in [-0.2, 0) is 11.2 Å². The lowest BCUT2D eigenvalue weighted by molar-refractivity contribution is -0.116. The Labute approximate surface area is 122 Å². The summed E-state index contributed by atoms with van der Waals surface area (Å²) in [4.78, 5) is 16.3. The van der Waals surface area contributed by atoms with E-state index in [1.54, 1.807) is 6.20 Å². The smallest absolute Gasteiger partial charge is 0.247 e. The first-order valence-corrected chi connectivity index (χ1v) is 6.79. The number of carbonyl (C=O) groups excluding carboxylic acids is 1. The van der Waals surface area contributed by atoms with Crippen LogP contribution in [0.4, 0.5) is 11.4 Å². The van der Waals surface area contributed by atoms with Crippen LogP contribution in [0, 0.1) is 6.92 Å². The van der Waals surface area contributed by atoms with Crippen molar-refractivity contribution in [3.8, 4) is 0 Å². The average Bonchev–Trinajstić information content (AvgIpc) is 2.87. The fourth-order valence-corrected chi connectivity index (χ4v) is 2.47. The van der Waals surface area contributed by atoms with Gasteiger partial charge in [-0.25, -0.2) is 4.98 Å². The van der Waals surface area contributed by atoms with E-state index in [0.29, 0.717) is 17.3 Å². The predicted molar refractivity (Wildman–Crippen MR) is 80.2 cm³/mol. The molecule has 1 unspecified atom stereocenters. The van der Waals surface area contributed by atoms with Crippen molar-refractivity contribution < 1.29 is 4.79 Å². The summed E-state index contributed by atoms with van der Waals surface area (Å²) in [5, 5.41) is 6.35. The molecule has 1 atom stereocenters. The molecule has 20 heavy (non-hydrogen) atoms. The van der Waals surface area contributed by atoms with E-state index in [2.05, 4.69) is 15.6 Å². The van der Waals surface area contributed by atoms with Crippen LogP contribution in [0.2, 0.25) is 5.15 Å². The highest BCUT2D eigenvalue weighted by Gasteiger charge is 2.26. The highest BCUT2D eigenvalue weighted by molar-refractivity contribution is 6.32. The maximum Gasteiger partial charge on any atom is 0.247 e. The first kappa shape index (κ1) is 12.9. The number of nitrogens with one attached hydrogen (secondary N) is 2. The predicted octanol–water partition coefficient (Wildman–Crippen LogP) is 3.02. The zero-order valence-corrected chi connectivity index (χ0v) is 11.7. The maximum atomic E-state index is 12.3. The molecule has 5 heteroatoms. The van der Waals surface area contributed by atoms with Crippen LogP contribution >= 0.6 is 11.6 Å². The SMILES string of the molecule is Cc1cnc(Cl)c(NC(=O)C2Cc3ccccc3N2)c1. The van der Waals surface area contributed by atoms with Crippen molar-refractivity contribution in [2.45, 2.75) is 19.4 Å². The van der Waals surface area contributed by atoms with Gasteiger partial charge < -0.3 is 10.6 Å². The Kier molecular flexibility index (Phi) is 3.32. The standard InChI is InChI=1S/C15H14ClN3O/c1-9-6-12(14(16)17-8-9)19-15(20)13-7-10-4-2-3-5-11(10)18-13/h2-6,8,13,18H,7H2,1H3,(H,19,20). The van der Waals surface area contributed by atoms with Gasteiger partial charge in [-0.3, -0.25) is 4.79 Å². The number of carbonyl (C=O) groups is 1. The zero-order valence-electron chi connectivity index (χ0n) is 11.0. The van der Waals surface area contributed by atoms with E-state index in [1.165, 1.54) is 0 Å². The second-order valence-corrected chi connectivity index (χ2v) is 5.26. The Hall–Kier alpha value is -2.07. The normalized spacial score (nSPS) is 16.4. The zero-order chi connectivity index (χ0) is 14.1. The molecule has 1 aliphatic heterocycles. The Morgan fingerprint density at radius 3 is 3.05 bits per heavy atom. The first-order chi connectivity index (χ1) is 9.63. The van der Waals surface area contributed by atoms with Crippen molar-refractivity contribution in [1.82, 2.24) is 4.98 Å². The number of pyridine rings is 1. The average molecular weight is 288 g/mol. The highest BCUT2D eigenvalue weighted by Crippen LogP contribution is 2.26. The van der Waals surface area contributed by atoms with E-state index in [-0.39, 0.29) is 11.9 Å². The summed E-state index contributed by atoms with van der Waals surface area (Å²) in [5.41, 5.74) is 3.67. The third-order valence-electron chi connectivity index (χ3n) is 3.32. The lowest BCUT2D eigenvalue weighted by Gasteiger charge is -2.13. The second-order valence-electron chi connectivity index (χ2n) is 4.90. The van der Waals surface area contributed by atoms with Crippen LogP contribution in [-0.4, -0.2) is 16.9 Å². The molecule has 0 radical (unpaired) electrons. The molecule has 0 aliphatic carbocycles. The third kappa shape index (κ3) is 2.47. The number of aryl methyl sites for hydroxylation is 1. The van der Waals surface area contributed by atoms with Gasteiger partial charge in [0.15, 0.2) is 5.15 Å². The molecule has 2 aromatic rings. The van der Waals surface area contributed by atoms with Gasteiger partial charge in [0.1, 0.15) is 6.04 Å².